The molecule has 0 radical (unpaired) electrons. The maximum absolute atomic E-state index is 2.50. The highest BCUT2D eigenvalue weighted by atomic mass is 15.0. The molecule has 10 rings (SSSR count). The summed E-state index contributed by atoms with van der Waals surface area (Å²) in [4.78, 5) is 0. The SMILES string of the molecule is c1ccc(-c2cc3c4ccccc4c4c(c5ccccc5n4-c4ccc5c(ccc6ccccc65)c4)c3c3ccccc23)cc1. The second-order valence-electron chi connectivity index (χ2n) is 12.1. The predicted molar refractivity (Wildman–Crippen MR) is 194 cm³/mol. The normalized spacial score (nSPS) is 12.0. The second-order valence-corrected chi connectivity index (χ2v) is 12.1. The summed E-state index contributed by atoms with van der Waals surface area (Å²) in [5, 5.41) is 15.4. The summed E-state index contributed by atoms with van der Waals surface area (Å²) in [5.41, 5.74) is 6.18. The molecule has 0 aliphatic heterocycles. The van der Waals surface area contributed by atoms with Crippen molar-refractivity contribution in [3.05, 3.63) is 164 Å². The molecule has 1 nitrogen and oxygen atoms in total. The molecule has 0 unspecified atom stereocenters. The largest absolute Gasteiger partial charge is 0.309 e. The molecule has 0 aliphatic carbocycles. The predicted octanol–water partition coefficient (Wildman–Crippen LogP) is 12.2. The Labute approximate surface area is 260 Å². The highest BCUT2D eigenvalue weighted by Crippen LogP contribution is 2.47. The van der Waals surface area contributed by atoms with Gasteiger partial charge in [-0.3, -0.25) is 0 Å². The Balaban J connectivity index is 1.42. The minimum atomic E-state index is 1.18. The average Bonchev–Trinajstić information content (AvgIpc) is 3.46. The van der Waals surface area contributed by atoms with E-state index in [1.165, 1.54) is 92.5 Å². The molecule has 0 bridgehead atoms. The lowest BCUT2D eigenvalue weighted by Crippen LogP contribution is -1.95. The Morgan fingerprint density at radius 1 is 0.333 bits per heavy atom. The van der Waals surface area contributed by atoms with Gasteiger partial charge in [0.2, 0.25) is 0 Å². The van der Waals surface area contributed by atoms with E-state index in [1.807, 2.05) is 0 Å². The van der Waals surface area contributed by atoms with Crippen LogP contribution in [-0.4, -0.2) is 4.57 Å². The van der Waals surface area contributed by atoms with E-state index in [0.717, 1.165) is 0 Å². The first kappa shape index (κ1) is 24.5. The summed E-state index contributed by atoms with van der Waals surface area (Å²) < 4.78 is 2.50. The van der Waals surface area contributed by atoms with Gasteiger partial charge in [-0.25, -0.2) is 0 Å². The van der Waals surface area contributed by atoms with Gasteiger partial charge in [-0.05, 0) is 78.5 Å². The molecule has 1 heteroatoms. The van der Waals surface area contributed by atoms with Crippen molar-refractivity contribution in [2.24, 2.45) is 0 Å². The highest BCUT2D eigenvalue weighted by Gasteiger charge is 2.21. The molecule has 1 heterocycles. The fourth-order valence-corrected chi connectivity index (χ4v) is 7.79. The summed E-state index contributed by atoms with van der Waals surface area (Å²) in [5.74, 6) is 0. The van der Waals surface area contributed by atoms with E-state index in [4.69, 9.17) is 0 Å². The van der Waals surface area contributed by atoms with Crippen LogP contribution in [0.4, 0.5) is 0 Å². The number of benzene rings is 9. The van der Waals surface area contributed by atoms with E-state index in [2.05, 4.69) is 168 Å². The van der Waals surface area contributed by atoms with E-state index in [-0.39, 0.29) is 0 Å². The Bertz CT molecular complexity index is 2800. The Hall–Kier alpha value is -5.92. The standard InChI is InChI=1S/C44H27N/c1-2-12-28(13-3-1)39-27-40-35-17-7-9-19-37(35)44-43(42(40)36-18-8-6-16-34(36)39)38-20-10-11-21-41(38)45(44)31-24-25-33-30(26-31)23-22-29-14-4-5-15-32(29)33/h1-27H. The number of para-hydroxylation sites is 1. The van der Waals surface area contributed by atoms with E-state index in [9.17, 15) is 0 Å². The molecular weight excluding hydrogens is 542 g/mol. The molecule has 0 fully saturated rings. The van der Waals surface area contributed by atoms with Crippen molar-refractivity contribution in [1.29, 1.82) is 0 Å². The first-order valence-corrected chi connectivity index (χ1v) is 15.6. The van der Waals surface area contributed by atoms with Crippen LogP contribution in [0, 0.1) is 0 Å². The van der Waals surface area contributed by atoms with Gasteiger partial charge in [-0.15, -0.1) is 0 Å². The summed E-state index contributed by atoms with van der Waals surface area (Å²) in [6, 6.07) is 60.2. The first-order valence-electron chi connectivity index (χ1n) is 15.6. The van der Waals surface area contributed by atoms with Crippen LogP contribution in [0.1, 0.15) is 0 Å². The molecule has 45 heavy (non-hydrogen) atoms. The van der Waals surface area contributed by atoms with Crippen LogP contribution in [-0.2, 0) is 0 Å². The van der Waals surface area contributed by atoms with Gasteiger partial charge >= 0.3 is 0 Å². The van der Waals surface area contributed by atoms with Crippen molar-refractivity contribution in [3.8, 4) is 16.8 Å². The van der Waals surface area contributed by atoms with Gasteiger partial charge in [0, 0.05) is 27.2 Å². The Morgan fingerprint density at radius 3 is 1.80 bits per heavy atom. The van der Waals surface area contributed by atoms with Crippen LogP contribution < -0.4 is 0 Å². The van der Waals surface area contributed by atoms with Crippen LogP contribution in [0.5, 0.6) is 0 Å². The van der Waals surface area contributed by atoms with Gasteiger partial charge in [0.15, 0.2) is 0 Å². The number of fused-ring (bicyclic) bond motifs is 13. The topological polar surface area (TPSA) is 4.93 Å². The van der Waals surface area contributed by atoms with Gasteiger partial charge < -0.3 is 4.57 Å². The third kappa shape index (κ3) is 3.44. The highest BCUT2D eigenvalue weighted by molar-refractivity contribution is 6.38. The third-order valence-electron chi connectivity index (χ3n) is 9.71. The van der Waals surface area contributed by atoms with Crippen molar-refractivity contribution >= 4 is 75.7 Å². The number of hydrogen-bond donors (Lipinski definition) is 0. The fourth-order valence-electron chi connectivity index (χ4n) is 7.79. The molecule has 0 aliphatic rings. The molecule has 208 valence electrons. The molecule has 0 spiro atoms. The quantitative estimate of drug-likeness (QED) is 0.183. The number of hydrogen-bond acceptors (Lipinski definition) is 0. The first-order chi connectivity index (χ1) is 22.3. The van der Waals surface area contributed by atoms with Crippen LogP contribution in [0.2, 0.25) is 0 Å². The van der Waals surface area contributed by atoms with Crippen LogP contribution >= 0.6 is 0 Å². The summed E-state index contributed by atoms with van der Waals surface area (Å²) in [6.45, 7) is 0. The molecule has 0 N–H and O–H groups in total. The second kappa shape index (κ2) is 9.29. The van der Waals surface area contributed by atoms with Gasteiger partial charge in [-0.2, -0.15) is 0 Å². The smallest absolute Gasteiger partial charge is 0.0626 e. The van der Waals surface area contributed by atoms with E-state index in [1.54, 1.807) is 0 Å². The van der Waals surface area contributed by atoms with Gasteiger partial charge in [0.05, 0.1) is 11.0 Å². The maximum Gasteiger partial charge on any atom is 0.0626 e. The third-order valence-corrected chi connectivity index (χ3v) is 9.71. The molecule has 0 saturated carbocycles. The molecule has 10 aromatic rings. The Kier molecular flexibility index (Phi) is 5.06. The molecule has 0 amide bonds. The average molecular weight is 570 g/mol. The lowest BCUT2D eigenvalue weighted by Gasteiger charge is -2.16. The molecule has 0 saturated heterocycles. The maximum atomic E-state index is 2.50. The molecule has 0 atom stereocenters. The van der Waals surface area contributed by atoms with E-state index >= 15 is 0 Å². The van der Waals surface area contributed by atoms with Crippen molar-refractivity contribution < 1.29 is 0 Å². The molecule has 1 aromatic heterocycles. The molecular formula is C44H27N. The zero-order valence-corrected chi connectivity index (χ0v) is 24.5. The van der Waals surface area contributed by atoms with Gasteiger partial charge in [0.25, 0.3) is 0 Å². The lowest BCUT2D eigenvalue weighted by atomic mass is 9.88. The number of aromatic nitrogens is 1. The van der Waals surface area contributed by atoms with Crippen LogP contribution in [0.3, 0.4) is 0 Å². The summed E-state index contributed by atoms with van der Waals surface area (Å²) in [6.07, 6.45) is 0. The zero-order valence-electron chi connectivity index (χ0n) is 24.5. The summed E-state index contributed by atoms with van der Waals surface area (Å²) in [7, 11) is 0. The minimum Gasteiger partial charge on any atom is -0.309 e. The monoisotopic (exact) mass is 569 g/mol. The van der Waals surface area contributed by atoms with E-state index in [0.29, 0.717) is 0 Å². The van der Waals surface area contributed by atoms with Gasteiger partial charge in [0.1, 0.15) is 0 Å². The van der Waals surface area contributed by atoms with Crippen molar-refractivity contribution in [2.45, 2.75) is 0 Å². The minimum absolute atomic E-state index is 1.18. The van der Waals surface area contributed by atoms with Crippen molar-refractivity contribution in [3.63, 3.8) is 0 Å². The number of nitrogens with zero attached hydrogens (tertiary/aromatic N) is 1. The van der Waals surface area contributed by atoms with Crippen molar-refractivity contribution in [1.82, 2.24) is 4.57 Å². The number of rotatable bonds is 2. The fraction of sp³-hybridized carbons (Fsp3) is 0. The zero-order chi connectivity index (χ0) is 29.5. The molecule has 9 aromatic carbocycles. The van der Waals surface area contributed by atoms with Crippen LogP contribution in [0.15, 0.2) is 164 Å². The van der Waals surface area contributed by atoms with Crippen molar-refractivity contribution in [2.75, 3.05) is 0 Å². The van der Waals surface area contributed by atoms with E-state index < -0.39 is 0 Å². The van der Waals surface area contributed by atoms with Gasteiger partial charge in [-0.1, -0.05) is 140 Å². The van der Waals surface area contributed by atoms with Crippen LogP contribution in [0.25, 0.3) is 92.5 Å². The lowest BCUT2D eigenvalue weighted by molar-refractivity contribution is 1.19. The Morgan fingerprint density at radius 2 is 0.956 bits per heavy atom. The summed E-state index contributed by atoms with van der Waals surface area (Å²) >= 11 is 0.